The molecule has 1 unspecified atom stereocenters. The van der Waals surface area contributed by atoms with Gasteiger partial charge in [-0.3, -0.25) is 14.8 Å². The van der Waals surface area contributed by atoms with Crippen molar-refractivity contribution in [3.8, 4) is 0 Å². The molecule has 3 nitrogen and oxygen atoms in total. The van der Waals surface area contributed by atoms with Crippen LogP contribution in [0.15, 0.2) is 42.0 Å². The van der Waals surface area contributed by atoms with Gasteiger partial charge in [0.1, 0.15) is 0 Å². The summed E-state index contributed by atoms with van der Waals surface area (Å²) < 4.78 is 0. The van der Waals surface area contributed by atoms with Crippen molar-refractivity contribution >= 4 is 11.3 Å². The number of rotatable bonds is 7. The van der Waals surface area contributed by atoms with Crippen LogP contribution in [0.1, 0.15) is 30.2 Å². The summed E-state index contributed by atoms with van der Waals surface area (Å²) in [5.74, 6) is 0. The van der Waals surface area contributed by atoms with Crippen LogP contribution in [0.25, 0.3) is 0 Å². The van der Waals surface area contributed by atoms with Crippen molar-refractivity contribution in [3.05, 3.63) is 52.5 Å². The summed E-state index contributed by atoms with van der Waals surface area (Å²) >= 11 is 1.86. The highest BCUT2D eigenvalue weighted by atomic mass is 32.1. The largest absolute Gasteiger partial charge is 0.299 e. The molecule has 1 aliphatic rings. The molecule has 1 aliphatic heterocycles. The molecule has 1 fully saturated rings. The molecule has 0 saturated carbocycles. The summed E-state index contributed by atoms with van der Waals surface area (Å²) in [6, 6.07) is 9.38. The van der Waals surface area contributed by atoms with Crippen LogP contribution in [0.2, 0.25) is 0 Å². The molecule has 22 heavy (non-hydrogen) atoms. The zero-order chi connectivity index (χ0) is 15.2. The number of likely N-dealkylation sites (N-methyl/N-ethyl adjacent to an activating group) is 1. The van der Waals surface area contributed by atoms with Gasteiger partial charge < -0.3 is 0 Å². The van der Waals surface area contributed by atoms with Gasteiger partial charge in [-0.25, -0.2) is 0 Å². The summed E-state index contributed by atoms with van der Waals surface area (Å²) in [7, 11) is 0. The molecule has 0 amide bonds. The minimum absolute atomic E-state index is 0.715. The second kappa shape index (κ2) is 7.86. The first-order valence-corrected chi connectivity index (χ1v) is 9.11. The Bertz CT molecular complexity index is 541. The van der Waals surface area contributed by atoms with E-state index in [-0.39, 0.29) is 0 Å². The lowest BCUT2D eigenvalue weighted by atomic mass is 10.1. The van der Waals surface area contributed by atoms with Gasteiger partial charge in [-0.05, 0) is 55.1 Å². The lowest BCUT2D eigenvalue weighted by Crippen LogP contribution is -2.39. The van der Waals surface area contributed by atoms with Crippen molar-refractivity contribution < 1.29 is 0 Å². The third-order valence-electron chi connectivity index (χ3n) is 4.49. The summed E-state index contributed by atoms with van der Waals surface area (Å²) in [6.07, 6.45) is 6.48. The molecule has 118 valence electrons. The second-order valence-corrected chi connectivity index (χ2v) is 7.06. The number of thiophene rings is 1. The Morgan fingerprint density at radius 3 is 2.86 bits per heavy atom. The molecule has 0 aliphatic carbocycles. The van der Waals surface area contributed by atoms with Crippen molar-refractivity contribution in [1.82, 2.24) is 14.8 Å². The third kappa shape index (κ3) is 4.15. The lowest BCUT2D eigenvalue weighted by Gasteiger charge is -2.30. The first kappa shape index (κ1) is 15.7. The van der Waals surface area contributed by atoms with Gasteiger partial charge in [-0.15, -0.1) is 11.3 Å². The number of aromatic nitrogens is 1. The molecule has 3 heterocycles. The number of hydrogen-bond donors (Lipinski definition) is 0. The van der Waals surface area contributed by atoms with E-state index in [0.29, 0.717) is 6.04 Å². The van der Waals surface area contributed by atoms with Gasteiger partial charge >= 0.3 is 0 Å². The summed E-state index contributed by atoms with van der Waals surface area (Å²) in [5, 5.41) is 2.17. The van der Waals surface area contributed by atoms with Crippen LogP contribution in [-0.4, -0.2) is 40.5 Å². The molecule has 2 aromatic heterocycles. The minimum atomic E-state index is 0.715. The molecule has 1 saturated heterocycles. The van der Waals surface area contributed by atoms with E-state index in [4.69, 9.17) is 0 Å². The smallest absolute Gasteiger partial charge is 0.0332 e. The Morgan fingerprint density at radius 2 is 2.14 bits per heavy atom. The van der Waals surface area contributed by atoms with Crippen molar-refractivity contribution in [2.24, 2.45) is 0 Å². The predicted octanol–water partition coefficient (Wildman–Crippen LogP) is 3.63. The molecular weight excluding hydrogens is 290 g/mol. The Morgan fingerprint density at radius 1 is 1.27 bits per heavy atom. The fourth-order valence-electron chi connectivity index (χ4n) is 3.37. The number of likely N-dealkylation sites (tertiary alicyclic amines) is 1. The molecular formula is C18H25N3S. The van der Waals surface area contributed by atoms with E-state index in [2.05, 4.69) is 51.4 Å². The first-order chi connectivity index (χ1) is 10.8. The molecule has 3 rings (SSSR count). The summed E-state index contributed by atoms with van der Waals surface area (Å²) in [6.45, 7) is 7.94. The monoisotopic (exact) mass is 315 g/mol. The average Bonchev–Trinajstić information content (AvgIpc) is 3.20. The number of nitrogens with zero attached hydrogens (tertiary/aromatic N) is 3. The zero-order valence-corrected chi connectivity index (χ0v) is 14.1. The van der Waals surface area contributed by atoms with Crippen molar-refractivity contribution in [3.63, 3.8) is 0 Å². The molecule has 4 heteroatoms. The topological polar surface area (TPSA) is 19.4 Å². The van der Waals surface area contributed by atoms with Crippen LogP contribution >= 0.6 is 11.3 Å². The van der Waals surface area contributed by atoms with Crippen molar-refractivity contribution in [1.29, 1.82) is 0 Å². The Hall–Kier alpha value is -1.23. The SMILES string of the molecule is CCN1CCCC1CN(Cc1ccncc1)Cc1cccs1. The summed E-state index contributed by atoms with van der Waals surface area (Å²) in [5.41, 5.74) is 1.35. The molecule has 0 radical (unpaired) electrons. The van der Waals surface area contributed by atoms with Gasteiger partial charge in [0.05, 0.1) is 0 Å². The van der Waals surface area contributed by atoms with E-state index in [9.17, 15) is 0 Å². The van der Waals surface area contributed by atoms with E-state index in [0.717, 1.165) is 19.6 Å². The highest BCUT2D eigenvalue weighted by molar-refractivity contribution is 7.09. The maximum absolute atomic E-state index is 4.13. The number of hydrogen-bond acceptors (Lipinski definition) is 4. The molecule has 0 spiro atoms. The van der Waals surface area contributed by atoms with Gasteiger partial charge in [-0.1, -0.05) is 13.0 Å². The van der Waals surface area contributed by atoms with Crippen LogP contribution < -0.4 is 0 Å². The standard InChI is InChI=1S/C18H25N3S/c1-2-21-11-3-5-17(21)14-20(15-18-6-4-12-22-18)13-16-7-9-19-10-8-16/h4,6-10,12,17H,2-3,5,11,13-15H2,1H3. The Labute approximate surface area is 137 Å². The van der Waals surface area contributed by atoms with Crippen LogP contribution in [0, 0.1) is 0 Å². The highest BCUT2D eigenvalue weighted by Crippen LogP contribution is 2.21. The maximum Gasteiger partial charge on any atom is 0.0332 e. The average molecular weight is 315 g/mol. The Kier molecular flexibility index (Phi) is 5.59. The van der Waals surface area contributed by atoms with Gasteiger partial charge in [-0.2, -0.15) is 0 Å². The number of pyridine rings is 1. The van der Waals surface area contributed by atoms with E-state index >= 15 is 0 Å². The predicted molar refractivity (Wildman–Crippen MR) is 92.9 cm³/mol. The highest BCUT2D eigenvalue weighted by Gasteiger charge is 2.25. The second-order valence-electron chi connectivity index (χ2n) is 6.03. The summed E-state index contributed by atoms with van der Waals surface area (Å²) in [4.78, 5) is 10.8. The molecule has 0 bridgehead atoms. The quantitative estimate of drug-likeness (QED) is 0.778. The Balaban J connectivity index is 1.68. The molecule has 2 aromatic rings. The van der Waals surface area contributed by atoms with E-state index in [1.54, 1.807) is 0 Å². The normalized spacial score (nSPS) is 19.1. The van der Waals surface area contributed by atoms with E-state index < -0.39 is 0 Å². The van der Waals surface area contributed by atoms with Crippen LogP contribution in [0.3, 0.4) is 0 Å². The first-order valence-electron chi connectivity index (χ1n) is 8.23. The van der Waals surface area contributed by atoms with Crippen LogP contribution in [0.4, 0.5) is 0 Å². The van der Waals surface area contributed by atoms with Crippen LogP contribution in [-0.2, 0) is 13.1 Å². The molecule has 1 atom stereocenters. The minimum Gasteiger partial charge on any atom is -0.299 e. The van der Waals surface area contributed by atoms with E-state index in [1.807, 2.05) is 23.7 Å². The van der Waals surface area contributed by atoms with Gasteiger partial charge in [0.15, 0.2) is 0 Å². The fraction of sp³-hybridized carbons (Fsp3) is 0.500. The van der Waals surface area contributed by atoms with Crippen LogP contribution in [0.5, 0.6) is 0 Å². The molecule has 0 aromatic carbocycles. The maximum atomic E-state index is 4.13. The zero-order valence-electron chi connectivity index (χ0n) is 13.3. The van der Waals surface area contributed by atoms with Crippen molar-refractivity contribution in [2.45, 2.75) is 38.9 Å². The lowest BCUT2D eigenvalue weighted by molar-refractivity contribution is 0.167. The van der Waals surface area contributed by atoms with E-state index in [1.165, 1.54) is 36.4 Å². The van der Waals surface area contributed by atoms with Crippen molar-refractivity contribution in [2.75, 3.05) is 19.6 Å². The fourth-order valence-corrected chi connectivity index (χ4v) is 4.12. The van der Waals surface area contributed by atoms with Gasteiger partial charge in [0.2, 0.25) is 0 Å². The van der Waals surface area contributed by atoms with Gasteiger partial charge in [0.25, 0.3) is 0 Å². The van der Waals surface area contributed by atoms with Gasteiger partial charge in [0, 0.05) is 42.9 Å². The third-order valence-corrected chi connectivity index (χ3v) is 5.35. The molecule has 0 N–H and O–H groups in total.